The lowest BCUT2D eigenvalue weighted by Crippen LogP contribution is -2.13. The number of nitrogens with one attached hydrogen (secondary N) is 1. The Labute approximate surface area is 136 Å². The molecule has 0 bridgehead atoms. The maximum absolute atomic E-state index is 14.0. The van der Waals surface area contributed by atoms with Gasteiger partial charge in [-0.3, -0.25) is 0 Å². The van der Waals surface area contributed by atoms with Gasteiger partial charge >= 0.3 is 0 Å². The number of rotatable bonds is 5. The molecule has 1 atom stereocenters. The van der Waals surface area contributed by atoms with Crippen LogP contribution in [0.4, 0.5) is 10.1 Å². The monoisotopic (exact) mass is 337 g/mol. The molecule has 0 aliphatic rings. The highest BCUT2D eigenvalue weighted by Gasteiger charge is 2.17. The molecule has 0 aliphatic heterocycles. The molecule has 3 rings (SSSR count). The van der Waals surface area contributed by atoms with E-state index in [4.69, 9.17) is 11.6 Å². The van der Waals surface area contributed by atoms with Gasteiger partial charge in [0, 0.05) is 16.2 Å². The molecular formula is C16H13ClFNS2. The maximum Gasteiger partial charge on any atom is 0.147 e. The highest BCUT2D eigenvalue weighted by atomic mass is 35.5. The van der Waals surface area contributed by atoms with Crippen molar-refractivity contribution in [1.29, 1.82) is 0 Å². The summed E-state index contributed by atoms with van der Waals surface area (Å²) in [6, 6.07) is 12.9. The summed E-state index contributed by atoms with van der Waals surface area (Å²) in [6.07, 6.45) is 0.808. The molecule has 0 amide bonds. The second kappa shape index (κ2) is 6.60. The van der Waals surface area contributed by atoms with E-state index in [1.54, 1.807) is 34.8 Å². The SMILES string of the molecule is Fc1cccc(Cl)c1NC(Cc1cccs1)c1cccs1. The van der Waals surface area contributed by atoms with Crippen molar-refractivity contribution in [2.24, 2.45) is 0 Å². The molecule has 0 saturated heterocycles. The van der Waals surface area contributed by atoms with Crippen molar-refractivity contribution in [3.8, 4) is 0 Å². The summed E-state index contributed by atoms with van der Waals surface area (Å²) >= 11 is 9.49. The summed E-state index contributed by atoms with van der Waals surface area (Å²) in [5.74, 6) is -0.324. The lowest BCUT2D eigenvalue weighted by Gasteiger charge is -2.19. The fourth-order valence-corrected chi connectivity index (χ4v) is 3.90. The van der Waals surface area contributed by atoms with Gasteiger partial charge in [-0.05, 0) is 35.0 Å². The summed E-state index contributed by atoms with van der Waals surface area (Å²) in [6.45, 7) is 0. The standard InChI is InChI=1S/C16H13ClFNS2/c17-12-5-1-6-13(18)16(12)19-14(15-7-3-9-21-15)10-11-4-2-8-20-11/h1-9,14,19H,10H2. The van der Waals surface area contributed by atoms with Crippen LogP contribution in [0, 0.1) is 5.82 Å². The smallest absolute Gasteiger partial charge is 0.147 e. The Morgan fingerprint density at radius 3 is 2.52 bits per heavy atom. The maximum atomic E-state index is 14.0. The lowest BCUT2D eigenvalue weighted by atomic mass is 10.1. The Kier molecular flexibility index (Phi) is 4.58. The number of halogens is 2. The summed E-state index contributed by atoms with van der Waals surface area (Å²) in [5, 5.41) is 7.75. The second-order valence-electron chi connectivity index (χ2n) is 4.59. The van der Waals surface area contributed by atoms with Gasteiger partial charge in [0.2, 0.25) is 0 Å². The molecule has 21 heavy (non-hydrogen) atoms. The van der Waals surface area contributed by atoms with Gasteiger partial charge in [0.25, 0.3) is 0 Å². The first-order valence-corrected chi connectivity index (χ1v) is 8.64. The van der Waals surface area contributed by atoms with Gasteiger partial charge < -0.3 is 5.32 Å². The van der Waals surface area contributed by atoms with Crippen molar-refractivity contribution in [3.05, 3.63) is 73.8 Å². The van der Waals surface area contributed by atoms with E-state index in [0.717, 1.165) is 6.42 Å². The Balaban J connectivity index is 1.89. The van der Waals surface area contributed by atoms with Gasteiger partial charge in [0.15, 0.2) is 0 Å². The number of thiophene rings is 2. The van der Waals surface area contributed by atoms with Crippen LogP contribution in [0.1, 0.15) is 15.8 Å². The average Bonchev–Trinajstić information content (AvgIpc) is 3.14. The Hall–Kier alpha value is -1.36. The first-order chi connectivity index (χ1) is 10.2. The molecule has 1 nitrogen and oxygen atoms in total. The Morgan fingerprint density at radius 1 is 1.05 bits per heavy atom. The molecule has 0 spiro atoms. The van der Waals surface area contributed by atoms with E-state index in [1.807, 2.05) is 17.5 Å². The van der Waals surface area contributed by atoms with Crippen molar-refractivity contribution >= 4 is 40.0 Å². The zero-order valence-electron chi connectivity index (χ0n) is 11.1. The average molecular weight is 338 g/mol. The molecule has 0 radical (unpaired) electrons. The fourth-order valence-electron chi connectivity index (χ4n) is 2.15. The first-order valence-electron chi connectivity index (χ1n) is 6.50. The van der Waals surface area contributed by atoms with Crippen molar-refractivity contribution < 1.29 is 4.39 Å². The molecule has 1 unspecified atom stereocenters. The molecule has 2 aromatic heterocycles. The van der Waals surface area contributed by atoms with E-state index in [2.05, 4.69) is 22.8 Å². The van der Waals surface area contributed by atoms with Crippen molar-refractivity contribution in [3.63, 3.8) is 0 Å². The van der Waals surface area contributed by atoms with E-state index >= 15 is 0 Å². The minimum absolute atomic E-state index is 0.0121. The van der Waals surface area contributed by atoms with Crippen LogP contribution in [-0.2, 0) is 6.42 Å². The fraction of sp³-hybridized carbons (Fsp3) is 0.125. The van der Waals surface area contributed by atoms with E-state index in [1.165, 1.54) is 15.8 Å². The normalized spacial score (nSPS) is 12.3. The van der Waals surface area contributed by atoms with Crippen LogP contribution in [0.15, 0.2) is 53.2 Å². The van der Waals surface area contributed by atoms with Crippen LogP contribution < -0.4 is 5.32 Å². The zero-order valence-corrected chi connectivity index (χ0v) is 13.4. The molecule has 1 N–H and O–H groups in total. The summed E-state index contributed by atoms with van der Waals surface area (Å²) in [5.41, 5.74) is 0.370. The van der Waals surface area contributed by atoms with Crippen molar-refractivity contribution in [1.82, 2.24) is 0 Å². The van der Waals surface area contributed by atoms with Crippen LogP contribution in [0.2, 0.25) is 5.02 Å². The number of benzene rings is 1. The number of hydrogen-bond acceptors (Lipinski definition) is 3. The minimum Gasteiger partial charge on any atom is -0.373 e. The quantitative estimate of drug-likeness (QED) is 0.602. The van der Waals surface area contributed by atoms with E-state index < -0.39 is 0 Å². The highest BCUT2D eigenvalue weighted by Crippen LogP contribution is 2.32. The summed E-state index contributed by atoms with van der Waals surface area (Å²) < 4.78 is 14.0. The lowest BCUT2D eigenvalue weighted by molar-refractivity contribution is 0.626. The number of hydrogen-bond donors (Lipinski definition) is 1. The van der Waals surface area contributed by atoms with Crippen LogP contribution in [0.5, 0.6) is 0 Å². The van der Waals surface area contributed by atoms with Gasteiger partial charge in [-0.25, -0.2) is 4.39 Å². The predicted molar refractivity (Wildman–Crippen MR) is 90.1 cm³/mol. The molecule has 1 aromatic carbocycles. The number of anilines is 1. The van der Waals surface area contributed by atoms with Gasteiger partial charge in [0.05, 0.1) is 16.8 Å². The molecule has 0 saturated carbocycles. The van der Waals surface area contributed by atoms with Crippen molar-refractivity contribution in [2.45, 2.75) is 12.5 Å². The predicted octanol–water partition coefficient (Wildman–Crippen LogP) is 6.00. The topological polar surface area (TPSA) is 12.0 Å². The Bertz CT molecular complexity index is 675. The molecular weight excluding hydrogens is 325 g/mol. The molecule has 3 aromatic rings. The van der Waals surface area contributed by atoms with Gasteiger partial charge in [-0.15, -0.1) is 22.7 Å². The molecule has 5 heteroatoms. The van der Waals surface area contributed by atoms with Gasteiger partial charge in [-0.1, -0.05) is 29.8 Å². The molecule has 108 valence electrons. The third-order valence-electron chi connectivity index (χ3n) is 3.15. The van der Waals surface area contributed by atoms with Gasteiger partial charge in [0.1, 0.15) is 5.82 Å². The van der Waals surface area contributed by atoms with Crippen LogP contribution in [-0.4, -0.2) is 0 Å². The van der Waals surface area contributed by atoms with E-state index in [-0.39, 0.29) is 11.9 Å². The highest BCUT2D eigenvalue weighted by molar-refractivity contribution is 7.10. The van der Waals surface area contributed by atoms with Crippen LogP contribution >= 0.6 is 34.3 Å². The largest absolute Gasteiger partial charge is 0.373 e. The third-order valence-corrected chi connectivity index (χ3v) is 5.35. The Morgan fingerprint density at radius 2 is 1.86 bits per heavy atom. The van der Waals surface area contributed by atoms with E-state index in [0.29, 0.717) is 10.7 Å². The third kappa shape index (κ3) is 3.46. The molecule has 0 aliphatic carbocycles. The number of para-hydroxylation sites is 1. The zero-order chi connectivity index (χ0) is 14.7. The molecule has 2 heterocycles. The van der Waals surface area contributed by atoms with Crippen LogP contribution in [0.3, 0.4) is 0 Å². The van der Waals surface area contributed by atoms with Gasteiger partial charge in [-0.2, -0.15) is 0 Å². The summed E-state index contributed by atoms with van der Waals surface area (Å²) in [4.78, 5) is 2.43. The van der Waals surface area contributed by atoms with Crippen molar-refractivity contribution in [2.75, 3.05) is 5.32 Å². The van der Waals surface area contributed by atoms with Crippen LogP contribution in [0.25, 0.3) is 0 Å². The van der Waals surface area contributed by atoms with E-state index in [9.17, 15) is 4.39 Å². The first kappa shape index (κ1) is 14.6. The molecule has 0 fully saturated rings. The minimum atomic E-state index is -0.324. The second-order valence-corrected chi connectivity index (χ2v) is 7.01. The summed E-state index contributed by atoms with van der Waals surface area (Å²) in [7, 11) is 0.